The van der Waals surface area contributed by atoms with E-state index in [0.29, 0.717) is 23.5 Å². The van der Waals surface area contributed by atoms with Crippen LogP contribution in [0.1, 0.15) is 12.7 Å². The third-order valence-corrected chi connectivity index (χ3v) is 2.87. The highest BCUT2D eigenvalue weighted by molar-refractivity contribution is 9.10. The molecule has 0 fully saturated rings. The Labute approximate surface area is 120 Å². The Balaban J connectivity index is 0.00000162. The van der Waals surface area contributed by atoms with Crippen LogP contribution in [0.4, 0.5) is 0 Å². The van der Waals surface area contributed by atoms with Crippen molar-refractivity contribution in [2.24, 2.45) is 0 Å². The average molecular weight is 334 g/mol. The Morgan fingerprint density at radius 2 is 2.22 bits per heavy atom. The van der Waals surface area contributed by atoms with Gasteiger partial charge in [0.15, 0.2) is 5.82 Å². The smallest absolute Gasteiger partial charge is 0.276 e. The first-order chi connectivity index (χ1) is 8.19. The number of likely N-dealkylation sites (N-methyl/N-ethyl adjacent to an activating group) is 1. The largest absolute Gasteiger partial charge is 0.332 e. The first kappa shape index (κ1) is 15.1. The Kier molecular flexibility index (Phi) is 5.71. The quantitative estimate of drug-likeness (QED) is 0.931. The minimum atomic E-state index is 0. The van der Waals surface area contributed by atoms with Crippen LogP contribution in [-0.2, 0) is 6.42 Å². The highest BCUT2D eigenvalue weighted by atomic mass is 79.9. The Morgan fingerprint density at radius 1 is 1.44 bits per heavy atom. The van der Waals surface area contributed by atoms with E-state index in [1.807, 2.05) is 19.2 Å². The normalized spacial score (nSPS) is 11.9. The summed E-state index contributed by atoms with van der Waals surface area (Å²) in [5.41, 5.74) is 0.684. The minimum absolute atomic E-state index is 0. The highest BCUT2D eigenvalue weighted by Crippen LogP contribution is 2.17. The lowest BCUT2D eigenvalue weighted by atomic mass is 10.2. The van der Waals surface area contributed by atoms with Crippen molar-refractivity contribution in [3.05, 3.63) is 28.6 Å². The van der Waals surface area contributed by atoms with Gasteiger partial charge in [-0.05, 0) is 42.0 Å². The molecule has 0 bridgehead atoms. The van der Waals surface area contributed by atoms with Gasteiger partial charge in [0.2, 0.25) is 0 Å². The van der Waals surface area contributed by atoms with Crippen molar-refractivity contribution in [3.63, 3.8) is 0 Å². The molecule has 0 aromatic carbocycles. The number of nitrogens with zero attached hydrogens (tertiary/aromatic N) is 3. The fourth-order valence-corrected chi connectivity index (χ4v) is 1.55. The third kappa shape index (κ3) is 3.76. The molecule has 2 aromatic rings. The van der Waals surface area contributed by atoms with Crippen LogP contribution in [0, 0.1) is 0 Å². The molecule has 98 valence electrons. The van der Waals surface area contributed by atoms with Gasteiger partial charge in [-0.2, -0.15) is 4.98 Å². The van der Waals surface area contributed by atoms with Crippen LogP contribution >= 0.6 is 28.3 Å². The summed E-state index contributed by atoms with van der Waals surface area (Å²) in [4.78, 5) is 8.50. The van der Waals surface area contributed by atoms with Gasteiger partial charge in [-0.3, -0.25) is 0 Å². The van der Waals surface area contributed by atoms with Crippen LogP contribution in [0.25, 0.3) is 11.6 Å². The molecular formula is C11H14BrClN4O. The van der Waals surface area contributed by atoms with Crippen LogP contribution in [-0.4, -0.2) is 28.2 Å². The molecule has 0 aliphatic rings. The first-order valence-electron chi connectivity index (χ1n) is 5.31. The second kappa shape index (κ2) is 6.82. The van der Waals surface area contributed by atoms with Crippen molar-refractivity contribution in [3.8, 4) is 11.6 Å². The molecule has 0 saturated carbocycles. The second-order valence-electron chi connectivity index (χ2n) is 3.77. The maximum absolute atomic E-state index is 5.17. The average Bonchev–Trinajstić information content (AvgIpc) is 2.78. The standard InChI is InChI=1S/C11H13BrN4O.ClH/c1-7(13-2)5-10-15-11(17-16-10)9-4-3-8(12)6-14-9;/h3-4,6-7,13H,5H2,1-2H3;1H. The molecule has 0 spiro atoms. The van der Waals surface area contributed by atoms with Crippen molar-refractivity contribution in [2.75, 3.05) is 7.05 Å². The molecule has 2 rings (SSSR count). The van der Waals surface area contributed by atoms with Gasteiger partial charge in [0, 0.05) is 23.1 Å². The Hall–Kier alpha value is -0.980. The fourth-order valence-electron chi connectivity index (χ4n) is 1.32. The molecule has 1 unspecified atom stereocenters. The van der Waals surface area contributed by atoms with Crippen LogP contribution < -0.4 is 5.32 Å². The number of aromatic nitrogens is 3. The van der Waals surface area contributed by atoms with Crippen LogP contribution in [0.5, 0.6) is 0 Å². The van der Waals surface area contributed by atoms with Crippen LogP contribution in [0.2, 0.25) is 0 Å². The number of pyridine rings is 1. The van der Waals surface area contributed by atoms with Crippen LogP contribution in [0.3, 0.4) is 0 Å². The summed E-state index contributed by atoms with van der Waals surface area (Å²) in [5.74, 6) is 1.14. The van der Waals surface area contributed by atoms with E-state index in [4.69, 9.17) is 4.52 Å². The van der Waals surface area contributed by atoms with E-state index in [-0.39, 0.29) is 12.4 Å². The van der Waals surface area contributed by atoms with E-state index in [9.17, 15) is 0 Å². The molecular weight excluding hydrogens is 320 g/mol. The molecule has 0 aliphatic heterocycles. The highest BCUT2D eigenvalue weighted by Gasteiger charge is 2.11. The maximum Gasteiger partial charge on any atom is 0.276 e. The summed E-state index contributed by atoms with van der Waals surface area (Å²) in [7, 11) is 1.90. The molecule has 1 atom stereocenters. The fraction of sp³-hybridized carbons (Fsp3) is 0.364. The van der Waals surface area contributed by atoms with E-state index in [0.717, 1.165) is 10.9 Å². The van der Waals surface area contributed by atoms with E-state index >= 15 is 0 Å². The molecule has 0 saturated heterocycles. The predicted octanol–water partition coefficient (Wildman–Crippen LogP) is 2.47. The molecule has 0 amide bonds. The van der Waals surface area contributed by atoms with Gasteiger partial charge in [-0.25, -0.2) is 4.98 Å². The van der Waals surface area contributed by atoms with Gasteiger partial charge in [0.05, 0.1) is 0 Å². The minimum Gasteiger partial charge on any atom is -0.332 e. The summed E-state index contributed by atoms with van der Waals surface area (Å²) in [6.07, 6.45) is 2.44. The van der Waals surface area contributed by atoms with Crippen molar-refractivity contribution < 1.29 is 4.52 Å². The Morgan fingerprint density at radius 3 is 2.83 bits per heavy atom. The van der Waals surface area contributed by atoms with Crippen molar-refractivity contribution >= 4 is 28.3 Å². The molecule has 0 radical (unpaired) electrons. The zero-order valence-electron chi connectivity index (χ0n) is 10.1. The van der Waals surface area contributed by atoms with Gasteiger partial charge in [-0.1, -0.05) is 5.16 Å². The second-order valence-corrected chi connectivity index (χ2v) is 4.69. The van der Waals surface area contributed by atoms with Crippen molar-refractivity contribution in [2.45, 2.75) is 19.4 Å². The van der Waals surface area contributed by atoms with E-state index in [2.05, 4.69) is 43.3 Å². The zero-order valence-corrected chi connectivity index (χ0v) is 12.5. The summed E-state index contributed by atoms with van der Waals surface area (Å²) >= 11 is 3.33. The lowest BCUT2D eigenvalue weighted by Crippen LogP contribution is -2.24. The number of hydrogen-bond acceptors (Lipinski definition) is 5. The molecule has 0 aliphatic carbocycles. The monoisotopic (exact) mass is 332 g/mol. The number of halogens is 2. The van der Waals surface area contributed by atoms with E-state index < -0.39 is 0 Å². The first-order valence-corrected chi connectivity index (χ1v) is 6.10. The van der Waals surface area contributed by atoms with Gasteiger partial charge in [-0.15, -0.1) is 12.4 Å². The van der Waals surface area contributed by atoms with Gasteiger partial charge in [0.1, 0.15) is 5.69 Å². The molecule has 18 heavy (non-hydrogen) atoms. The van der Waals surface area contributed by atoms with Crippen LogP contribution in [0.15, 0.2) is 27.3 Å². The molecule has 7 heteroatoms. The number of hydrogen-bond donors (Lipinski definition) is 1. The lowest BCUT2D eigenvalue weighted by Gasteiger charge is -2.04. The van der Waals surface area contributed by atoms with Gasteiger partial charge in [0.25, 0.3) is 5.89 Å². The topological polar surface area (TPSA) is 63.8 Å². The lowest BCUT2D eigenvalue weighted by molar-refractivity contribution is 0.417. The molecule has 2 heterocycles. The third-order valence-electron chi connectivity index (χ3n) is 2.40. The van der Waals surface area contributed by atoms with Gasteiger partial charge < -0.3 is 9.84 Å². The maximum atomic E-state index is 5.17. The number of nitrogens with one attached hydrogen (secondary N) is 1. The summed E-state index contributed by atoms with van der Waals surface area (Å²) < 4.78 is 6.09. The van der Waals surface area contributed by atoms with E-state index in [1.54, 1.807) is 6.20 Å². The molecule has 1 N–H and O–H groups in total. The SMILES string of the molecule is CNC(C)Cc1noc(-c2ccc(Br)cn2)n1.Cl. The number of rotatable bonds is 4. The summed E-state index contributed by atoms with van der Waals surface area (Å²) in [6.45, 7) is 2.06. The molecule has 5 nitrogen and oxygen atoms in total. The van der Waals surface area contributed by atoms with Crippen molar-refractivity contribution in [1.29, 1.82) is 0 Å². The van der Waals surface area contributed by atoms with Crippen molar-refractivity contribution in [1.82, 2.24) is 20.4 Å². The summed E-state index contributed by atoms with van der Waals surface area (Å²) in [6, 6.07) is 4.05. The van der Waals surface area contributed by atoms with E-state index in [1.165, 1.54) is 0 Å². The zero-order chi connectivity index (χ0) is 12.3. The van der Waals surface area contributed by atoms with Gasteiger partial charge >= 0.3 is 0 Å². The Bertz CT molecular complexity index is 488. The predicted molar refractivity (Wildman–Crippen MR) is 74.7 cm³/mol. The summed E-state index contributed by atoms with van der Waals surface area (Å²) in [5, 5.41) is 7.05. The molecule has 2 aromatic heterocycles.